The first kappa shape index (κ1) is 23.9. The first-order valence-electron chi connectivity index (χ1n) is 10.2. The number of hydrogen-bond donors (Lipinski definition) is 1. The Hall–Kier alpha value is -4.73. The maximum absolute atomic E-state index is 12.2. The van der Waals surface area contributed by atoms with Gasteiger partial charge in [0.1, 0.15) is 5.75 Å². The lowest BCUT2D eigenvalue weighted by molar-refractivity contribution is -0.384. The Bertz CT molecular complexity index is 1180. The molecule has 0 spiro atoms. The Morgan fingerprint density at radius 1 is 0.971 bits per heavy atom. The molecule has 3 rings (SSSR count). The number of carbonyl (C=O) groups excluding carboxylic acids is 2. The van der Waals surface area contributed by atoms with Gasteiger partial charge in [0.25, 0.3) is 11.6 Å². The predicted molar refractivity (Wildman–Crippen MR) is 123 cm³/mol. The highest BCUT2D eigenvalue weighted by atomic mass is 16.6. The monoisotopic (exact) mass is 463 g/mol. The zero-order chi connectivity index (χ0) is 24.3. The molecular weight excluding hydrogens is 442 g/mol. The maximum atomic E-state index is 12.2. The van der Waals surface area contributed by atoms with Gasteiger partial charge in [-0.25, -0.2) is 10.2 Å². The zero-order valence-electron chi connectivity index (χ0n) is 18.2. The van der Waals surface area contributed by atoms with Crippen molar-refractivity contribution < 1.29 is 28.7 Å². The Kier molecular flexibility index (Phi) is 8.28. The van der Waals surface area contributed by atoms with Crippen LogP contribution in [0.1, 0.15) is 22.8 Å². The van der Waals surface area contributed by atoms with E-state index in [4.69, 9.17) is 14.2 Å². The summed E-state index contributed by atoms with van der Waals surface area (Å²) in [6.07, 6.45) is 1.42. The molecule has 0 unspecified atom stereocenters. The van der Waals surface area contributed by atoms with Crippen molar-refractivity contribution in [2.75, 3.05) is 13.2 Å². The van der Waals surface area contributed by atoms with Crippen molar-refractivity contribution in [2.45, 2.75) is 6.92 Å². The summed E-state index contributed by atoms with van der Waals surface area (Å²) in [5.74, 6) is 0.203. The average molecular weight is 463 g/mol. The fraction of sp³-hybridized carbons (Fsp3) is 0.125. The van der Waals surface area contributed by atoms with Crippen molar-refractivity contribution in [3.8, 4) is 17.2 Å². The number of nitrogens with zero attached hydrogens (tertiary/aromatic N) is 2. The Labute approximate surface area is 194 Å². The van der Waals surface area contributed by atoms with Crippen LogP contribution >= 0.6 is 0 Å². The van der Waals surface area contributed by atoms with Gasteiger partial charge in [0.15, 0.2) is 18.1 Å². The van der Waals surface area contributed by atoms with Gasteiger partial charge in [-0.05, 0) is 61.0 Å². The molecule has 0 aliphatic heterocycles. The summed E-state index contributed by atoms with van der Waals surface area (Å²) < 4.78 is 16.2. The summed E-state index contributed by atoms with van der Waals surface area (Å²) in [6.45, 7) is 2.10. The van der Waals surface area contributed by atoms with Gasteiger partial charge in [0, 0.05) is 12.1 Å². The van der Waals surface area contributed by atoms with Gasteiger partial charge in [0.05, 0.1) is 23.3 Å². The lowest BCUT2D eigenvalue weighted by Crippen LogP contribution is -2.24. The van der Waals surface area contributed by atoms with Gasteiger partial charge in [0.2, 0.25) is 0 Å². The van der Waals surface area contributed by atoms with E-state index in [-0.39, 0.29) is 23.6 Å². The number of non-ortho nitro benzene ring substituents is 1. The number of nitrogens with one attached hydrogen (secondary N) is 1. The third kappa shape index (κ3) is 6.89. The predicted octanol–water partition coefficient (Wildman–Crippen LogP) is 3.74. The Balaban J connectivity index is 1.47. The summed E-state index contributed by atoms with van der Waals surface area (Å²) in [7, 11) is 0. The minimum atomic E-state index is -0.644. The van der Waals surface area contributed by atoms with Gasteiger partial charge in [-0.1, -0.05) is 12.1 Å². The molecule has 0 saturated heterocycles. The SMILES string of the molecule is CCOc1ccccc1OCC(=O)NN=Cc1ccc(OC(=O)c2ccc([N+](=O)[O-])cc2)cc1. The van der Waals surface area contributed by atoms with Crippen LogP contribution < -0.4 is 19.6 Å². The van der Waals surface area contributed by atoms with Crippen molar-refractivity contribution in [2.24, 2.45) is 5.10 Å². The molecule has 10 heteroatoms. The van der Waals surface area contributed by atoms with Crippen molar-refractivity contribution >= 4 is 23.8 Å². The lowest BCUT2D eigenvalue weighted by atomic mass is 10.2. The number of benzene rings is 3. The summed E-state index contributed by atoms with van der Waals surface area (Å²) >= 11 is 0. The van der Waals surface area contributed by atoms with Gasteiger partial charge < -0.3 is 14.2 Å². The summed E-state index contributed by atoms with van der Waals surface area (Å²) in [5.41, 5.74) is 3.08. The van der Waals surface area contributed by atoms with Crippen LogP contribution in [0.4, 0.5) is 5.69 Å². The minimum absolute atomic E-state index is 0.117. The van der Waals surface area contributed by atoms with Crippen molar-refractivity contribution in [1.29, 1.82) is 0 Å². The van der Waals surface area contributed by atoms with E-state index in [2.05, 4.69) is 10.5 Å². The van der Waals surface area contributed by atoms with Crippen LogP contribution in [0.5, 0.6) is 17.2 Å². The molecule has 0 heterocycles. The molecule has 34 heavy (non-hydrogen) atoms. The van der Waals surface area contributed by atoms with Crippen molar-refractivity contribution in [3.05, 3.63) is 94.0 Å². The van der Waals surface area contributed by atoms with Crippen LogP contribution in [0.3, 0.4) is 0 Å². The molecule has 3 aromatic carbocycles. The van der Waals surface area contributed by atoms with Crippen LogP contribution in [-0.4, -0.2) is 36.2 Å². The van der Waals surface area contributed by atoms with Gasteiger partial charge >= 0.3 is 5.97 Å². The van der Waals surface area contributed by atoms with Gasteiger partial charge in [-0.15, -0.1) is 0 Å². The number of carbonyl (C=O) groups is 2. The average Bonchev–Trinajstić information content (AvgIpc) is 2.85. The molecule has 0 bridgehead atoms. The highest BCUT2D eigenvalue weighted by Gasteiger charge is 2.11. The number of hydrogen-bond acceptors (Lipinski definition) is 8. The molecule has 0 fully saturated rings. The van der Waals surface area contributed by atoms with Crippen LogP contribution in [0, 0.1) is 10.1 Å². The second kappa shape index (κ2) is 11.8. The highest BCUT2D eigenvalue weighted by molar-refractivity contribution is 5.91. The van der Waals surface area contributed by atoms with Gasteiger partial charge in [-0.3, -0.25) is 14.9 Å². The van der Waals surface area contributed by atoms with Crippen LogP contribution in [0.25, 0.3) is 0 Å². The number of ether oxygens (including phenoxy) is 3. The van der Waals surface area contributed by atoms with Crippen LogP contribution in [0.15, 0.2) is 77.9 Å². The fourth-order valence-electron chi connectivity index (χ4n) is 2.71. The second-order valence-electron chi connectivity index (χ2n) is 6.72. The Morgan fingerprint density at radius 3 is 2.24 bits per heavy atom. The molecule has 174 valence electrons. The molecule has 0 atom stereocenters. The van der Waals surface area contributed by atoms with E-state index in [0.29, 0.717) is 23.7 Å². The molecule has 3 aromatic rings. The largest absolute Gasteiger partial charge is 0.490 e. The number of para-hydroxylation sites is 2. The number of esters is 1. The number of rotatable bonds is 10. The van der Waals surface area contributed by atoms with Gasteiger partial charge in [-0.2, -0.15) is 5.10 Å². The molecule has 1 amide bonds. The first-order chi connectivity index (χ1) is 16.5. The standard InChI is InChI=1S/C24H21N3O7/c1-2-32-21-5-3-4-6-22(21)33-16-23(28)26-25-15-17-7-13-20(14-8-17)34-24(29)18-9-11-19(12-10-18)27(30)31/h3-15H,2,16H2,1H3,(H,26,28). The van der Waals surface area contributed by atoms with E-state index < -0.39 is 16.8 Å². The molecule has 0 aromatic heterocycles. The number of nitro groups is 1. The molecule has 10 nitrogen and oxygen atoms in total. The minimum Gasteiger partial charge on any atom is -0.490 e. The number of hydrazone groups is 1. The quantitative estimate of drug-likeness (QED) is 0.159. The molecule has 0 aliphatic rings. The van der Waals surface area contributed by atoms with Crippen molar-refractivity contribution in [1.82, 2.24) is 5.43 Å². The van der Waals surface area contributed by atoms with E-state index >= 15 is 0 Å². The van der Waals surface area contributed by atoms with E-state index in [0.717, 1.165) is 0 Å². The van der Waals surface area contributed by atoms with Crippen LogP contribution in [-0.2, 0) is 4.79 Å². The normalized spacial score (nSPS) is 10.5. The third-order valence-electron chi connectivity index (χ3n) is 4.32. The van der Waals surface area contributed by atoms with E-state index in [1.807, 2.05) is 13.0 Å². The highest BCUT2D eigenvalue weighted by Crippen LogP contribution is 2.26. The fourth-order valence-corrected chi connectivity index (χ4v) is 2.71. The van der Waals surface area contributed by atoms with E-state index in [1.165, 1.54) is 30.5 Å². The van der Waals surface area contributed by atoms with Crippen molar-refractivity contribution in [3.63, 3.8) is 0 Å². The summed E-state index contributed by atoms with van der Waals surface area (Å²) in [4.78, 5) is 34.3. The van der Waals surface area contributed by atoms with E-state index in [9.17, 15) is 19.7 Å². The van der Waals surface area contributed by atoms with E-state index in [1.54, 1.807) is 42.5 Å². The Morgan fingerprint density at radius 2 is 1.62 bits per heavy atom. The number of nitro benzene ring substituents is 1. The zero-order valence-corrected chi connectivity index (χ0v) is 18.2. The molecular formula is C24H21N3O7. The third-order valence-corrected chi connectivity index (χ3v) is 4.32. The smallest absolute Gasteiger partial charge is 0.343 e. The molecule has 0 aliphatic carbocycles. The molecule has 1 N–H and O–H groups in total. The second-order valence-corrected chi connectivity index (χ2v) is 6.72. The molecule has 0 saturated carbocycles. The summed E-state index contributed by atoms with van der Waals surface area (Å²) in [6, 6.07) is 18.5. The van der Waals surface area contributed by atoms with Crippen LogP contribution in [0.2, 0.25) is 0 Å². The maximum Gasteiger partial charge on any atom is 0.343 e. The lowest BCUT2D eigenvalue weighted by Gasteiger charge is -2.10. The molecule has 0 radical (unpaired) electrons. The number of amides is 1. The summed E-state index contributed by atoms with van der Waals surface area (Å²) in [5, 5.41) is 14.6. The topological polar surface area (TPSA) is 129 Å². The first-order valence-corrected chi connectivity index (χ1v) is 10.2.